The molecule has 0 radical (unpaired) electrons. The van der Waals surface area contributed by atoms with Crippen molar-refractivity contribution in [3.8, 4) is 11.8 Å². The van der Waals surface area contributed by atoms with Crippen LogP contribution >= 0.6 is 0 Å². The Labute approximate surface area is 161 Å². The highest BCUT2D eigenvalue weighted by molar-refractivity contribution is 5.89. The van der Waals surface area contributed by atoms with Crippen LogP contribution in [0.25, 0.3) is 11.0 Å². The summed E-state index contributed by atoms with van der Waals surface area (Å²) in [5.41, 5.74) is 2.10. The molecule has 140 valence electrons. The fraction of sp³-hybridized carbons (Fsp3) is 0.190. The molecule has 0 aliphatic carbocycles. The monoisotopic (exact) mass is 375 g/mol. The quantitative estimate of drug-likeness (QED) is 0.545. The molecule has 1 unspecified atom stereocenters. The third-order valence-corrected chi connectivity index (χ3v) is 4.63. The molecular weight excluding hydrogens is 357 g/mol. The Bertz CT molecular complexity index is 1090. The Kier molecular flexibility index (Phi) is 4.77. The molecule has 2 N–H and O–H groups in total. The number of nitrogens with zero attached hydrogens (tertiary/aromatic N) is 3. The van der Waals surface area contributed by atoms with Crippen LogP contribution in [0.3, 0.4) is 0 Å². The molecule has 4 rings (SSSR count). The molecule has 1 aromatic carbocycles. The predicted octanol–water partition coefficient (Wildman–Crippen LogP) is 2.70. The summed E-state index contributed by atoms with van der Waals surface area (Å²) in [4.78, 5) is 25.3. The summed E-state index contributed by atoms with van der Waals surface area (Å²) in [6, 6.07) is 8.03. The topological polar surface area (TPSA) is 73.9 Å². The van der Waals surface area contributed by atoms with Crippen LogP contribution in [0.5, 0.6) is 0 Å². The Balaban J connectivity index is 1.54. The zero-order valence-electron chi connectivity index (χ0n) is 15.1. The molecule has 0 saturated carbocycles. The van der Waals surface area contributed by atoms with E-state index in [1.165, 1.54) is 24.5 Å². The van der Waals surface area contributed by atoms with Gasteiger partial charge in [0.25, 0.3) is 0 Å². The van der Waals surface area contributed by atoms with Crippen molar-refractivity contribution in [3.05, 3.63) is 66.4 Å². The van der Waals surface area contributed by atoms with E-state index in [1.54, 1.807) is 17.0 Å². The van der Waals surface area contributed by atoms with E-state index in [4.69, 9.17) is 0 Å². The number of carbonyl (C=O) groups is 1. The van der Waals surface area contributed by atoms with Gasteiger partial charge in [0.1, 0.15) is 23.6 Å². The van der Waals surface area contributed by atoms with Crippen LogP contribution in [-0.2, 0) is 4.79 Å². The SMILES string of the molecule is C=CC(=O)N1CCC(Nc2ncnc3[nH]c(C#Cc4ccc(F)cc4)cc23)C1. The molecule has 1 amide bonds. The molecule has 3 heterocycles. The van der Waals surface area contributed by atoms with Gasteiger partial charge in [-0.3, -0.25) is 4.79 Å². The average Bonchev–Trinajstić information content (AvgIpc) is 3.34. The molecule has 1 saturated heterocycles. The van der Waals surface area contributed by atoms with E-state index in [2.05, 4.69) is 38.7 Å². The number of benzene rings is 1. The summed E-state index contributed by atoms with van der Waals surface area (Å²) >= 11 is 0. The van der Waals surface area contributed by atoms with Gasteiger partial charge in [-0.15, -0.1) is 0 Å². The van der Waals surface area contributed by atoms with Crippen molar-refractivity contribution >= 4 is 22.8 Å². The van der Waals surface area contributed by atoms with Crippen molar-refractivity contribution in [2.24, 2.45) is 0 Å². The molecule has 1 aliphatic rings. The van der Waals surface area contributed by atoms with Gasteiger partial charge < -0.3 is 15.2 Å². The van der Waals surface area contributed by atoms with E-state index >= 15 is 0 Å². The van der Waals surface area contributed by atoms with Gasteiger partial charge in [0.2, 0.25) is 5.91 Å². The summed E-state index contributed by atoms with van der Waals surface area (Å²) in [6.07, 6.45) is 3.66. The van der Waals surface area contributed by atoms with E-state index in [-0.39, 0.29) is 17.8 Å². The minimum atomic E-state index is -0.289. The molecule has 2 aromatic heterocycles. The fourth-order valence-electron chi connectivity index (χ4n) is 3.20. The van der Waals surface area contributed by atoms with E-state index < -0.39 is 0 Å². The third kappa shape index (κ3) is 3.71. The number of likely N-dealkylation sites (tertiary alicyclic amines) is 1. The Morgan fingerprint density at radius 2 is 2.14 bits per heavy atom. The maximum atomic E-state index is 13.0. The Morgan fingerprint density at radius 1 is 1.32 bits per heavy atom. The van der Waals surface area contributed by atoms with E-state index in [1.807, 2.05) is 6.07 Å². The number of aromatic nitrogens is 3. The zero-order chi connectivity index (χ0) is 19.5. The summed E-state index contributed by atoms with van der Waals surface area (Å²) in [5.74, 6) is 6.38. The number of hydrogen-bond donors (Lipinski definition) is 2. The minimum absolute atomic E-state index is 0.0582. The standard InChI is InChI=1S/C21H18FN5O/c1-2-19(28)27-10-9-17(12-27)26-21-18-11-16(25-20(18)23-13-24-21)8-5-14-3-6-15(22)7-4-14/h2-4,6-7,11,13,17H,1,9-10,12H2,(H2,23,24,25,26). The number of nitrogens with one attached hydrogen (secondary N) is 2. The zero-order valence-corrected chi connectivity index (χ0v) is 15.1. The first-order valence-corrected chi connectivity index (χ1v) is 8.91. The Morgan fingerprint density at radius 3 is 2.93 bits per heavy atom. The largest absolute Gasteiger partial charge is 0.365 e. The lowest BCUT2D eigenvalue weighted by Gasteiger charge is -2.15. The number of rotatable bonds is 3. The number of fused-ring (bicyclic) bond motifs is 1. The summed E-state index contributed by atoms with van der Waals surface area (Å²) in [7, 11) is 0. The van der Waals surface area contributed by atoms with Gasteiger partial charge in [0, 0.05) is 24.7 Å². The van der Waals surface area contributed by atoms with Gasteiger partial charge in [0.15, 0.2) is 0 Å². The molecule has 1 fully saturated rings. The summed E-state index contributed by atoms with van der Waals surface area (Å²) in [5, 5.41) is 4.23. The Hall–Kier alpha value is -3.66. The molecule has 7 heteroatoms. The summed E-state index contributed by atoms with van der Waals surface area (Å²) in [6.45, 7) is 4.84. The molecule has 1 atom stereocenters. The van der Waals surface area contributed by atoms with Gasteiger partial charge in [-0.25, -0.2) is 14.4 Å². The second kappa shape index (κ2) is 7.53. The highest BCUT2D eigenvalue weighted by Gasteiger charge is 2.25. The van der Waals surface area contributed by atoms with E-state index in [0.717, 1.165) is 17.4 Å². The smallest absolute Gasteiger partial charge is 0.246 e. The van der Waals surface area contributed by atoms with E-state index in [9.17, 15) is 9.18 Å². The van der Waals surface area contributed by atoms with Gasteiger partial charge in [-0.05, 0) is 48.7 Å². The van der Waals surface area contributed by atoms with Crippen molar-refractivity contribution in [2.45, 2.75) is 12.5 Å². The first kappa shape index (κ1) is 17.7. The van der Waals surface area contributed by atoms with Gasteiger partial charge in [-0.2, -0.15) is 0 Å². The van der Waals surface area contributed by atoms with Crippen LogP contribution in [0.2, 0.25) is 0 Å². The van der Waals surface area contributed by atoms with Crippen LogP contribution in [-0.4, -0.2) is 44.9 Å². The number of carbonyl (C=O) groups excluding carboxylic acids is 1. The van der Waals surface area contributed by atoms with Crippen LogP contribution in [0.4, 0.5) is 10.2 Å². The van der Waals surface area contributed by atoms with Gasteiger partial charge in [-0.1, -0.05) is 12.5 Å². The lowest BCUT2D eigenvalue weighted by molar-refractivity contribution is -0.125. The molecule has 0 bridgehead atoms. The average molecular weight is 375 g/mol. The number of H-pyrrole nitrogens is 1. The molecule has 0 spiro atoms. The third-order valence-electron chi connectivity index (χ3n) is 4.63. The van der Waals surface area contributed by atoms with E-state index in [0.29, 0.717) is 30.2 Å². The van der Waals surface area contributed by atoms with Crippen molar-refractivity contribution < 1.29 is 9.18 Å². The molecule has 1 aliphatic heterocycles. The van der Waals surface area contributed by atoms with Crippen molar-refractivity contribution in [2.75, 3.05) is 18.4 Å². The molecule has 28 heavy (non-hydrogen) atoms. The van der Waals surface area contributed by atoms with Crippen LogP contribution in [0, 0.1) is 17.7 Å². The number of hydrogen-bond acceptors (Lipinski definition) is 4. The van der Waals surface area contributed by atoms with Crippen LogP contribution in [0.15, 0.2) is 49.3 Å². The number of aromatic amines is 1. The minimum Gasteiger partial charge on any atom is -0.365 e. The van der Waals surface area contributed by atoms with Gasteiger partial charge >= 0.3 is 0 Å². The maximum Gasteiger partial charge on any atom is 0.246 e. The highest BCUT2D eigenvalue weighted by Crippen LogP contribution is 2.23. The number of anilines is 1. The fourth-order valence-corrected chi connectivity index (χ4v) is 3.20. The first-order chi connectivity index (χ1) is 13.6. The maximum absolute atomic E-state index is 13.0. The highest BCUT2D eigenvalue weighted by atomic mass is 19.1. The van der Waals surface area contributed by atoms with Gasteiger partial charge in [0.05, 0.1) is 11.1 Å². The molecule has 3 aromatic rings. The number of amides is 1. The predicted molar refractivity (Wildman–Crippen MR) is 105 cm³/mol. The normalized spacial score (nSPS) is 15.9. The lowest BCUT2D eigenvalue weighted by Crippen LogP contribution is -2.30. The molecular formula is C21H18FN5O. The second-order valence-corrected chi connectivity index (χ2v) is 6.54. The summed E-state index contributed by atoms with van der Waals surface area (Å²) < 4.78 is 13.0. The van der Waals surface area contributed by atoms with Crippen LogP contribution in [0.1, 0.15) is 17.7 Å². The van der Waals surface area contributed by atoms with Crippen molar-refractivity contribution in [1.29, 1.82) is 0 Å². The molecule has 6 nitrogen and oxygen atoms in total. The van der Waals surface area contributed by atoms with Crippen LogP contribution < -0.4 is 5.32 Å². The second-order valence-electron chi connectivity index (χ2n) is 6.54. The lowest BCUT2D eigenvalue weighted by atomic mass is 10.2. The first-order valence-electron chi connectivity index (χ1n) is 8.91. The van der Waals surface area contributed by atoms with Crippen molar-refractivity contribution in [3.63, 3.8) is 0 Å². The van der Waals surface area contributed by atoms with Crippen molar-refractivity contribution in [1.82, 2.24) is 19.9 Å². The number of halogens is 1.